The van der Waals surface area contributed by atoms with Gasteiger partial charge in [0.05, 0.1) is 11.5 Å². The maximum Gasteiger partial charge on any atom is 0.411 e. The summed E-state index contributed by atoms with van der Waals surface area (Å²) in [6.07, 6.45) is 5.37. The Morgan fingerprint density at radius 3 is 2.56 bits per heavy atom. The Balaban J connectivity index is 2.96. The molecule has 1 aliphatic heterocycles. The van der Waals surface area contributed by atoms with Crippen LogP contribution in [0.3, 0.4) is 0 Å². The van der Waals surface area contributed by atoms with Crippen LogP contribution in [0.4, 0.5) is 4.79 Å². The maximum atomic E-state index is 12.0. The van der Waals surface area contributed by atoms with Crippen molar-refractivity contribution in [2.24, 2.45) is 0 Å². The zero-order valence-corrected chi connectivity index (χ0v) is 11.0. The van der Waals surface area contributed by atoms with Crippen molar-refractivity contribution in [1.29, 1.82) is 0 Å². The van der Waals surface area contributed by atoms with Gasteiger partial charge in [-0.15, -0.1) is 12.3 Å². The lowest BCUT2D eigenvalue weighted by molar-refractivity contribution is -0.317. The highest BCUT2D eigenvalue weighted by molar-refractivity contribution is 5.84. The highest BCUT2D eigenvalue weighted by Gasteiger charge is 2.46. The van der Waals surface area contributed by atoms with Crippen molar-refractivity contribution in [2.45, 2.75) is 51.2 Å². The summed E-state index contributed by atoms with van der Waals surface area (Å²) in [4.78, 5) is 24.5. The van der Waals surface area contributed by atoms with Crippen LogP contribution in [0.25, 0.3) is 0 Å². The van der Waals surface area contributed by atoms with Gasteiger partial charge >= 0.3 is 6.09 Å². The molecule has 5 heteroatoms. The Morgan fingerprint density at radius 2 is 2.11 bits per heavy atom. The highest BCUT2D eigenvalue weighted by Crippen LogP contribution is 2.33. The van der Waals surface area contributed by atoms with Gasteiger partial charge in [0, 0.05) is 13.0 Å². The molecular weight excluding hydrogens is 234 g/mol. The van der Waals surface area contributed by atoms with E-state index in [1.165, 1.54) is 4.90 Å². The molecule has 18 heavy (non-hydrogen) atoms. The third kappa shape index (κ3) is 2.76. The standard InChI is InChI=1S/C13H19NO4/c1-5-7-13(10(15)16)8-6-9-14(13)11(17)18-12(2,3)4/h1H,6-9H2,2-4H3,(H,15,16)/p-1/t13-/m0/s1. The first-order chi connectivity index (χ1) is 8.23. The molecule has 0 aromatic heterocycles. The van der Waals surface area contributed by atoms with Crippen molar-refractivity contribution in [3.8, 4) is 12.3 Å². The molecule has 1 heterocycles. The van der Waals surface area contributed by atoms with Crippen molar-refractivity contribution >= 4 is 12.1 Å². The number of ether oxygens (including phenoxy) is 1. The zero-order valence-electron chi connectivity index (χ0n) is 11.0. The smallest absolute Gasteiger partial charge is 0.411 e. The maximum absolute atomic E-state index is 12.0. The van der Waals surface area contributed by atoms with Crippen LogP contribution in [0.1, 0.15) is 40.0 Å². The summed E-state index contributed by atoms with van der Waals surface area (Å²) in [6.45, 7) is 5.50. The Morgan fingerprint density at radius 1 is 1.50 bits per heavy atom. The minimum Gasteiger partial charge on any atom is -0.548 e. The van der Waals surface area contributed by atoms with Crippen LogP contribution in [-0.2, 0) is 9.53 Å². The van der Waals surface area contributed by atoms with Crippen LogP contribution >= 0.6 is 0 Å². The summed E-state index contributed by atoms with van der Waals surface area (Å²) in [5.74, 6) is 0.993. The lowest BCUT2D eigenvalue weighted by atomic mass is 9.93. The Kier molecular flexibility index (Phi) is 3.90. The van der Waals surface area contributed by atoms with Crippen molar-refractivity contribution in [2.75, 3.05) is 6.54 Å². The summed E-state index contributed by atoms with van der Waals surface area (Å²) < 4.78 is 5.20. The number of carbonyl (C=O) groups is 2. The lowest BCUT2D eigenvalue weighted by Gasteiger charge is -2.38. The number of rotatable bonds is 2. The van der Waals surface area contributed by atoms with Gasteiger partial charge in [0.1, 0.15) is 5.60 Å². The van der Waals surface area contributed by atoms with E-state index in [9.17, 15) is 14.7 Å². The third-order valence-electron chi connectivity index (χ3n) is 2.88. The number of hydrogen-bond donors (Lipinski definition) is 0. The number of hydrogen-bond acceptors (Lipinski definition) is 4. The molecular formula is C13H18NO4-. The van der Waals surface area contributed by atoms with Gasteiger partial charge in [-0.3, -0.25) is 4.90 Å². The second-order valence-corrected chi connectivity index (χ2v) is 5.44. The van der Waals surface area contributed by atoms with Crippen molar-refractivity contribution in [1.82, 2.24) is 4.90 Å². The van der Waals surface area contributed by atoms with Gasteiger partial charge in [-0.25, -0.2) is 4.79 Å². The monoisotopic (exact) mass is 252 g/mol. The predicted octanol–water partition coefficient (Wildman–Crippen LogP) is 0.529. The third-order valence-corrected chi connectivity index (χ3v) is 2.88. The molecule has 0 bridgehead atoms. The molecule has 1 saturated heterocycles. The number of terminal acetylenes is 1. The number of nitrogens with zero attached hydrogens (tertiary/aromatic N) is 1. The summed E-state index contributed by atoms with van der Waals surface area (Å²) >= 11 is 0. The normalized spacial score (nSPS) is 23.6. The minimum atomic E-state index is -1.42. The van der Waals surface area contributed by atoms with E-state index in [0.717, 1.165) is 0 Å². The van der Waals surface area contributed by atoms with Crippen molar-refractivity contribution < 1.29 is 19.4 Å². The SMILES string of the molecule is C#CC[C@@]1(C(=O)[O-])CCCN1C(=O)OC(C)(C)C. The minimum absolute atomic E-state index is 0.0609. The topological polar surface area (TPSA) is 69.7 Å². The molecule has 0 spiro atoms. The van der Waals surface area contributed by atoms with Crippen LogP contribution in [0.2, 0.25) is 0 Å². The molecule has 1 atom stereocenters. The molecule has 0 saturated carbocycles. The fourth-order valence-electron chi connectivity index (χ4n) is 2.10. The van der Waals surface area contributed by atoms with Crippen molar-refractivity contribution in [3.63, 3.8) is 0 Å². The first kappa shape index (κ1) is 14.4. The molecule has 0 aliphatic carbocycles. The van der Waals surface area contributed by atoms with Crippen LogP contribution in [0, 0.1) is 12.3 Å². The fraction of sp³-hybridized carbons (Fsp3) is 0.692. The molecule has 1 aliphatic rings. The van der Waals surface area contributed by atoms with E-state index in [1.807, 2.05) is 0 Å². The number of carboxylic acids is 1. The summed E-state index contributed by atoms with van der Waals surface area (Å²) in [6, 6.07) is 0. The first-order valence-electron chi connectivity index (χ1n) is 5.88. The second-order valence-electron chi connectivity index (χ2n) is 5.44. The van der Waals surface area contributed by atoms with Gasteiger partial charge in [-0.2, -0.15) is 0 Å². The largest absolute Gasteiger partial charge is 0.548 e. The second kappa shape index (κ2) is 4.89. The molecule has 1 amide bonds. The van der Waals surface area contributed by atoms with E-state index in [1.54, 1.807) is 20.8 Å². The van der Waals surface area contributed by atoms with Crippen LogP contribution in [0.5, 0.6) is 0 Å². The highest BCUT2D eigenvalue weighted by atomic mass is 16.6. The average molecular weight is 252 g/mol. The molecule has 0 aromatic carbocycles. The number of carbonyl (C=O) groups excluding carboxylic acids is 2. The molecule has 100 valence electrons. The van der Waals surface area contributed by atoms with E-state index in [-0.39, 0.29) is 6.42 Å². The molecule has 0 radical (unpaired) electrons. The Bertz CT molecular complexity index is 391. The quantitative estimate of drug-likeness (QED) is 0.672. The molecule has 0 N–H and O–H groups in total. The van der Waals surface area contributed by atoms with Gasteiger partial charge in [-0.05, 0) is 33.6 Å². The van der Waals surface area contributed by atoms with Crippen LogP contribution < -0.4 is 5.11 Å². The van der Waals surface area contributed by atoms with Gasteiger partial charge in [-0.1, -0.05) is 0 Å². The first-order valence-corrected chi connectivity index (χ1v) is 5.88. The van der Waals surface area contributed by atoms with E-state index < -0.39 is 23.2 Å². The Labute approximate surface area is 107 Å². The molecule has 0 aromatic rings. The molecule has 1 fully saturated rings. The van der Waals surface area contributed by atoms with Crippen molar-refractivity contribution in [3.05, 3.63) is 0 Å². The summed E-state index contributed by atoms with van der Waals surface area (Å²) in [7, 11) is 0. The molecule has 5 nitrogen and oxygen atoms in total. The number of carboxylic acid groups (broad SMARTS) is 1. The molecule has 0 unspecified atom stereocenters. The number of likely N-dealkylation sites (tertiary alicyclic amines) is 1. The van der Waals surface area contributed by atoms with E-state index in [0.29, 0.717) is 19.4 Å². The van der Waals surface area contributed by atoms with Crippen LogP contribution in [0.15, 0.2) is 0 Å². The number of aliphatic carboxylic acids is 1. The van der Waals surface area contributed by atoms with E-state index in [2.05, 4.69) is 5.92 Å². The van der Waals surface area contributed by atoms with E-state index in [4.69, 9.17) is 11.2 Å². The number of amides is 1. The van der Waals surface area contributed by atoms with Gasteiger partial charge < -0.3 is 14.6 Å². The van der Waals surface area contributed by atoms with Crippen LogP contribution in [-0.4, -0.2) is 34.6 Å². The lowest BCUT2D eigenvalue weighted by Crippen LogP contribution is -2.59. The Hall–Kier alpha value is -1.70. The van der Waals surface area contributed by atoms with Gasteiger partial charge in [0.25, 0.3) is 0 Å². The summed E-state index contributed by atoms with van der Waals surface area (Å²) in [5, 5.41) is 11.3. The fourth-order valence-corrected chi connectivity index (χ4v) is 2.10. The average Bonchev–Trinajstić information content (AvgIpc) is 2.60. The predicted molar refractivity (Wildman–Crippen MR) is 63.4 cm³/mol. The zero-order chi connectivity index (χ0) is 14.0. The van der Waals surface area contributed by atoms with Gasteiger partial charge in [0.15, 0.2) is 0 Å². The molecule has 1 rings (SSSR count). The van der Waals surface area contributed by atoms with E-state index >= 15 is 0 Å². The summed E-state index contributed by atoms with van der Waals surface area (Å²) in [5.41, 5.74) is -2.09. The van der Waals surface area contributed by atoms with Gasteiger partial charge in [0.2, 0.25) is 0 Å².